The van der Waals surface area contributed by atoms with Crippen LogP contribution >= 0.6 is 22.7 Å². The molecule has 7 heteroatoms. The first-order valence-corrected chi connectivity index (χ1v) is 14.2. The monoisotopic (exact) mass is 532 g/mol. The molecular formula is C31H24N4OS2. The molecule has 4 heterocycles. The quantitative estimate of drug-likeness (QED) is 0.256. The molecule has 0 spiro atoms. The summed E-state index contributed by atoms with van der Waals surface area (Å²) < 4.78 is 1.15. The van der Waals surface area contributed by atoms with Crippen LogP contribution in [-0.4, -0.2) is 34.4 Å². The van der Waals surface area contributed by atoms with E-state index in [1.54, 1.807) is 22.7 Å². The number of thiazole rings is 1. The van der Waals surface area contributed by atoms with Gasteiger partial charge < -0.3 is 10.2 Å². The molecule has 0 fully saturated rings. The number of carbonyl (C=O) groups is 1. The lowest BCUT2D eigenvalue weighted by Gasteiger charge is -2.22. The SMILES string of the molecule is CN1CCc2c(sc(NC(=O)c3cc(-c4ccccc4)nc4ccccc34)c2-c2nc3ccccc3s2)C1. The van der Waals surface area contributed by atoms with Crippen LogP contribution in [0.5, 0.6) is 0 Å². The van der Waals surface area contributed by atoms with Crippen LogP contribution in [0.4, 0.5) is 5.00 Å². The number of hydrogen-bond donors (Lipinski definition) is 1. The smallest absolute Gasteiger partial charge is 0.257 e. The Morgan fingerprint density at radius 2 is 1.66 bits per heavy atom. The molecular weight excluding hydrogens is 509 g/mol. The van der Waals surface area contributed by atoms with E-state index in [-0.39, 0.29) is 5.91 Å². The van der Waals surface area contributed by atoms with Crippen molar-refractivity contribution in [3.05, 3.63) is 101 Å². The summed E-state index contributed by atoms with van der Waals surface area (Å²) >= 11 is 3.37. The molecule has 3 aromatic carbocycles. The Balaban J connectivity index is 1.35. The molecule has 0 bridgehead atoms. The van der Waals surface area contributed by atoms with Crippen molar-refractivity contribution in [3.63, 3.8) is 0 Å². The van der Waals surface area contributed by atoms with Crippen LogP contribution in [0, 0.1) is 0 Å². The molecule has 7 rings (SSSR count). The molecule has 186 valence electrons. The third-order valence-corrected chi connectivity index (χ3v) is 9.20. The average molecular weight is 533 g/mol. The van der Waals surface area contributed by atoms with Crippen LogP contribution in [-0.2, 0) is 13.0 Å². The van der Waals surface area contributed by atoms with Crippen LogP contribution < -0.4 is 5.32 Å². The van der Waals surface area contributed by atoms with Crippen LogP contribution in [0.2, 0.25) is 0 Å². The molecule has 0 saturated heterocycles. The summed E-state index contributed by atoms with van der Waals surface area (Å²) in [5.41, 5.74) is 6.57. The van der Waals surface area contributed by atoms with E-state index in [1.807, 2.05) is 78.9 Å². The number of hydrogen-bond acceptors (Lipinski definition) is 6. The number of carbonyl (C=O) groups excluding carboxylic acids is 1. The largest absolute Gasteiger partial charge is 0.313 e. The minimum absolute atomic E-state index is 0.130. The number of anilines is 1. The summed E-state index contributed by atoms with van der Waals surface area (Å²) in [5.74, 6) is -0.130. The Kier molecular flexibility index (Phi) is 5.77. The molecule has 1 N–H and O–H groups in total. The molecule has 5 nitrogen and oxygen atoms in total. The Hall–Kier alpha value is -3.91. The highest BCUT2D eigenvalue weighted by atomic mass is 32.1. The lowest BCUT2D eigenvalue weighted by Crippen LogP contribution is -2.25. The third kappa shape index (κ3) is 4.09. The van der Waals surface area contributed by atoms with Gasteiger partial charge in [-0.3, -0.25) is 4.79 Å². The summed E-state index contributed by atoms with van der Waals surface area (Å²) in [7, 11) is 2.15. The Morgan fingerprint density at radius 3 is 2.50 bits per heavy atom. The minimum Gasteiger partial charge on any atom is -0.313 e. The number of para-hydroxylation sites is 2. The number of benzene rings is 3. The van der Waals surface area contributed by atoms with Crippen molar-refractivity contribution in [2.75, 3.05) is 18.9 Å². The van der Waals surface area contributed by atoms with Crippen molar-refractivity contribution >= 4 is 54.7 Å². The first-order chi connectivity index (χ1) is 18.6. The standard InChI is InChI=1S/C31H24N4OS2/c1-35-16-15-21-27(18-35)38-31(28(21)30-33-24-13-7-8-14-26(24)37-30)34-29(36)22-17-25(19-9-3-2-4-10-19)32-23-12-6-5-11-20(22)23/h2-14,17H,15-16,18H2,1H3,(H,34,36). The normalized spacial score (nSPS) is 13.6. The van der Waals surface area contributed by atoms with Crippen molar-refractivity contribution in [1.82, 2.24) is 14.9 Å². The number of rotatable bonds is 4. The van der Waals surface area contributed by atoms with E-state index in [0.29, 0.717) is 5.56 Å². The molecule has 0 aliphatic carbocycles. The number of amides is 1. The van der Waals surface area contributed by atoms with E-state index in [0.717, 1.165) is 67.5 Å². The number of nitrogens with one attached hydrogen (secondary N) is 1. The second kappa shape index (κ2) is 9.44. The number of thiophene rings is 1. The molecule has 0 saturated carbocycles. The zero-order chi connectivity index (χ0) is 25.6. The number of fused-ring (bicyclic) bond motifs is 3. The van der Waals surface area contributed by atoms with Crippen LogP contribution in [0.15, 0.2) is 84.9 Å². The molecule has 3 aromatic heterocycles. The van der Waals surface area contributed by atoms with Gasteiger partial charge in [0.25, 0.3) is 5.91 Å². The van der Waals surface area contributed by atoms with Gasteiger partial charge in [0.05, 0.1) is 27.0 Å². The van der Waals surface area contributed by atoms with Gasteiger partial charge in [-0.15, -0.1) is 22.7 Å². The van der Waals surface area contributed by atoms with Gasteiger partial charge in [-0.05, 0) is 43.3 Å². The summed E-state index contributed by atoms with van der Waals surface area (Å²) in [5, 5.41) is 5.99. The topological polar surface area (TPSA) is 58.1 Å². The van der Waals surface area contributed by atoms with E-state index in [2.05, 4.69) is 23.3 Å². The van der Waals surface area contributed by atoms with Gasteiger partial charge >= 0.3 is 0 Å². The Bertz CT molecular complexity index is 1790. The van der Waals surface area contributed by atoms with Crippen molar-refractivity contribution in [2.24, 2.45) is 0 Å². The molecule has 6 aromatic rings. The van der Waals surface area contributed by atoms with Crippen molar-refractivity contribution in [2.45, 2.75) is 13.0 Å². The van der Waals surface area contributed by atoms with E-state index in [1.165, 1.54) is 10.4 Å². The van der Waals surface area contributed by atoms with E-state index in [4.69, 9.17) is 9.97 Å². The third-order valence-electron chi connectivity index (χ3n) is 7.01. The number of aromatic nitrogens is 2. The van der Waals surface area contributed by atoms with Gasteiger partial charge in [0.1, 0.15) is 10.0 Å². The maximum absolute atomic E-state index is 14.0. The fourth-order valence-corrected chi connectivity index (χ4v) is 7.55. The second-order valence-corrected chi connectivity index (χ2v) is 11.7. The van der Waals surface area contributed by atoms with Gasteiger partial charge in [0, 0.05) is 34.5 Å². The second-order valence-electron chi connectivity index (χ2n) is 9.57. The highest BCUT2D eigenvalue weighted by Crippen LogP contribution is 2.45. The van der Waals surface area contributed by atoms with Crippen molar-refractivity contribution in [3.8, 4) is 21.8 Å². The maximum Gasteiger partial charge on any atom is 0.257 e. The predicted molar refractivity (Wildman–Crippen MR) is 158 cm³/mol. The highest BCUT2D eigenvalue weighted by molar-refractivity contribution is 7.23. The average Bonchev–Trinajstić information content (AvgIpc) is 3.53. The zero-order valence-electron chi connectivity index (χ0n) is 20.8. The van der Waals surface area contributed by atoms with Crippen LogP contribution in [0.25, 0.3) is 42.9 Å². The molecule has 0 radical (unpaired) electrons. The van der Waals surface area contributed by atoms with Gasteiger partial charge in [-0.2, -0.15) is 0 Å². The summed E-state index contributed by atoms with van der Waals surface area (Å²) in [6.07, 6.45) is 0.944. The van der Waals surface area contributed by atoms with Crippen LogP contribution in [0.3, 0.4) is 0 Å². The van der Waals surface area contributed by atoms with Gasteiger partial charge in [-0.25, -0.2) is 9.97 Å². The van der Waals surface area contributed by atoms with Gasteiger partial charge in [0.2, 0.25) is 0 Å². The number of nitrogens with zero attached hydrogens (tertiary/aromatic N) is 3. The zero-order valence-corrected chi connectivity index (χ0v) is 22.4. The molecule has 0 atom stereocenters. The van der Waals surface area contributed by atoms with Gasteiger partial charge in [-0.1, -0.05) is 60.7 Å². The summed E-state index contributed by atoms with van der Waals surface area (Å²) in [6, 6.07) is 28.0. The minimum atomic E-state index is -0.130. The fourth-order valence-electron chi connectivity index (χ4n) is 5.12. The Morgan fingerprint density at radius 1 is 0.895 bits per heavy atom. The lowest BCUT2D eigenvalue weighted by molar-refractivity contribution is 0.102. The highest BCUT2D eigenvalue weighted by Gasteiger charge is 2.27. The van der Waals surface area contributed by atoms with Gasteiger partial charge in [0.15, 0.2) is 0 Å². The summed E-state index contributed by atoms with van der Waals surface area (Å²) in [6.45, 7) is 1.87. The fraction of sp³-hybridized carbons (Fsp3) is 0.129. The first-order valence-electron chi connectivity index (χ1n) is 12.6. The number of likely N-dealkylation sites (N-methyl/N-ethyl adjacent to an activating group) is 1. The predicted octanol–water partition coefficient (Wildman–Crippen LogP) is 7.48. The lowest BCUT2D eigenvalue weighted by atomic mass is 10.0. The first kappa shape index (κ1) is 23.2. The Labute approximate surface area is 228 Å². The molecule has 38 heavy (non-hydrogen) atoms. The van der Waals surface area contributed by atoms with E-state index < -0.39 is 0 Å². The van der Waals surface area contributed by atoms with E-state index >= 15 is 0 Å². The summed E-state index contributed by atoms with van der Waals surface area (Å²) in [4.78, 5) is 27.4. The molecule has 1 aliphatic heterocycles. The maximum atomic E-state index is 14.0. The van der Waals surface area contributed by atoms with E-state index in [9.17, 15) is 4.79 Å². The van der Waals surface area contributed by atoms with Crippen molar-refractivity contribution < 1.29 is 4.79 Å². The molecule has 1 amide bonds. The number of pyridine rings is 1. The molecule has 1 aliphatic rings. The molecule has 0 unspecified atom stereocenters. The van der Waals surface area contributed by atoms with Crippen LogP contribution in [0.1, 0.15) is 20.8 Å². The van der Waals surface area contributed by atoms with Crippen molar-refractivity contribution in [1.29, 1.82) is 0 Å².